The van der Waals surface area contributed by atoms with Gasteiger partial charge in [0.1, 0.15) is 10.9 Å². The van der Waals surface area contributed by atoms with E-state index < -0.39 is 0 Å². The molecule has 0 saturated heterocycles. The van der Waals surface area contributed by atoms with Crippen LogP contribution in [0.5, 0.6) is 0 Å². The van der Waals surface area contributed by atoms with Gasteiger partial charge in [0.2, 0.25) is 0 Å². The lowest BCUT2D eigenvalue weighted by Gasteiger charge is -1.99. The summed E-state index contributed by atoms with van der Waals surface area (Å²) in [6, 6.07) is 7.88. The van der Waals surface area contributed by atoms with Crippen LogP contribution in [0.25, 0.3) is 0 Å². The Hall–Kier alpha value is -1.57. The summed E-state index contributed by atoms with van der Waals surface area (Å²) in [5.74, 6) is 0. The van der Waals surface area contributed by atoms with E-state index in [-0.39, 0.29) is 0 Å². The first-order valence-corrected chi connectivity index (χ1v) is 5.41. The van der Waals surface area contributed by atoms with E-state index in [1.165, 1.54) is 16.2 Å². The molecule has 0 aliphatic heterocycles. The molecule has 0 bridgehead atoms. The maximum atomic E-state index is 8.65. The molecule has 2 aromatic rings. The summed E-state index contributed by atoms with van der Waals surface area (Å²) in [7, 11) is 0. The Balaban J connectivity index is 1.81. The van der Waals surface area contributed by atoms with Crippen molar-refractivity contribution in [2.45, 2.75) is 13.1 Å². The maximum absolute atomic E-state index is 8.65. The molecule has 2 aromatic heterocycles. The molecule has 0 saturated carbocycles. The van der Waals surface area contributed by atoms with Gasteiger partial charge in [-0.25, -0.2) is 0 Å². The molecule has 0 fully saturated rings. The molecule has 0 unspecified atom stereocenters. The molecule has 0 amide bonds. The fourth-order valence-electron chi connectivity index (χ4n) is 1.26. The molecule has 0 spiro atoms. The third-order valence-corrected chi connectivity index (χ3v) is 2.97. The fraction of sp³-hybridized carbons (Fsp3) is 0.182. The highest BCUT2D eigenvalue weighted by Gasteiger charge is 1.99. The zero-order valence-electron chi connectivity index (χ0n) is 8.06. The van der Waals surface area contributed by atoms with Gasteiger partial charge in [0.05, 0.1) is 12.5 Å². The molecule has 0 aromatic carbocycles. The van der Waals surface area contributed by atoms with Crippen molar-refractivity contribution in [1.29, 1.82) is 5.26 Å². The molecule has 3 nitrogen and oxygen atoms in total. The second-order valence-electron chi connectivity index (χ2n) is 3.11. The van der Waals surface area contributed by atoms with Crippen molar-refractivity contribution in [2.24, 2.45) is 0 Å². The first-order valence-electron chi connectivity index (χ1n) is 4.59. The number of thiophene rings is 1. The van der Waals surface area contributed by atoms with Crippen LogP contribution >= 0.6 is 11.3 Å². The summed E-state index contributed by atoms with van der Waals surface area (Å²) in [5.41, 5.74) is 1.13. The zero-order chi connectivity index (χ0) is 10.5. The topological polar surface area (TPSA) is 49.0 Å². The molecule has 15 heavy (non-hydrogen) atoms. The Kier molecular flexibility index (Phi) is 3.18. The van der Waals surface area contributed by atoms with E-state index in [2.05, 4.69) is 11.4 Å². The van der Waals surface area contributed by atoms with Crippen molar-refractivity contribution < 1.29 is 4.42 Å². The SMILES string of the molecule is N#Cc1ccc(CNCc2ccoc2)s1. The van der Waals surface area contributed by atoms with Gasteiger partial charge in [0.25, 0.3) is 0 Å². The Labute approximate surface area is 92.0 Å². The van der Waals surface area contributed by atoms with Crippen molar-refractivity contribution >= 4 is 11.3 Å². The Bertz CT molecular complexity index is 453. The molecule has 1 N–H and O–H groups in total. The van der Waals surface area contributed by atoms with Crippen molar-refractivity contribution in [3.63, 3.8) is 0 Å². The highest BCUT2D eigenvalue weighted by molar-refractivity contribution is 7.12. The number of nitrogens with one attached hydrogen (secondary N) is 1. The number of hydrogen-bond acceptors (Lipinski definition) is 4. The normalized spacial score (nSPS) is 10.1. The largest absolute Gasteiger partial charge is 0.472 e. The Morgan fingerprint density at radius 1 is 1.33 bits per heavy atom. The van der Waals surface area contributed by atoms with Gasteiger partial charge in [-0.3, -0.25) is 0 Å². The smallest absolute Gasteiger partial charge is 0.110 e. The molecular formula is C11H10N2OS. The van der Waals surface area contributed by atoms with Gasteiger partial charge in [-0.15, -0.1) is 11.3 Å². The summed E-state index contributed by atoms with van der Waals surface area (Å²) in [6.45, 7) is 1.58. The van der Waals surface area contributed by atoms with E-state index in [0.717, 1.165) is 23.5 Å². The third-order valence-electron chi connectivity index (χ3n) is 1.98. The van der Waals surface area contributed by atoms with Crippen LogP contribution in [-0.2, 0) is 13.1 Å². The average Bonchev–Trinajstić information content (AvgIpc) is 2.88. The molecule has 76 valence electrons. The third kappa shape index (κ3) is 2.69. The minimum atomic E-state index is 0.759. The van der Waals surface area contributed by atoms with Gasteiger partial charge >= 0.3 is 0 Å². The van der Waals surface area contributed by atoms with Crippen LogP contribution in [0, 0.1) is 11.3 Å². The lowest BCUT2D eigenvalue weighted by atomic mass is 10.3. The van der Waals surface area contributed by atoms with Crippen LogP contribution in [0.2, 0.25) is 0 Å². The lowest BCUT2D eigenvalue weighted by Crippen LogP contribution is -2.10. The number of hydrogen-bond donors (Lipinski definition) is 1. The predicted molar refractivity (Wildman–Crippen MR) is 58.3 cm³/mol. The highest BCUT2D eigenvalue weighted by Crippen LogP contribution is 2.14. The van der Waals surface area contributed by atoms with Gasteiger partial charge in [-0.2, -0.15) is 5.26 Å². The van der Waals surface area contributed by atoms with Crippen LogP contribution in [0.15, 0.2) is 35.1 Å². The minimum Gasteiger partial charge on any atom is -0.472 e. The van der Waals surface area contributed by atoms with E-state index in [4.69, 9.17) is 9.68 Å². The van der Waals surface area contributed by atoms with Crippen LogP contribution in [0.3, 0.4) is 0 Å². The van der Waals surface area contributed by atoms with Gasteiger partial charge in [0, 0.05) is 23.5 Å². The monoisotopic (exact) mass is 218 g/mol. The number of nitriles is 1. The molecule has 0 aliphatic rings. The lowest BCUT2D eigenvalue weighted by molar-refractivity contribution is 0.560. The molecule has 2 rings (SSSR count). The second-order valence-corrected chi connectivity index (χ2v) is 4.28. The summed E-state index contributed by atoms with van der Waals surface area (Å²) in [5, 5.41) is 11.9. The van der Waals surface area contributed by atoms with Gasteiger partial charge in [0.15, 0.2) is 0 Å². The first-order chi connectivity index (χ1) is 7.38. The molecular weight excluding hydrogens is 208 g/mol. The van der Waals surface area contributed by atoms with Gasteiger partial charge in [-0.05, 0) is 18.2 Å². The average molecular weight is 218 g/mol. The van der Waals surface area contributed by atoms with E-state index in [9.17, 15) is 0 Å². The van der Waals surface area contributed by atoms with E-state index in [1.54, 1.807) is 12.5 Å². The number of furan rings is 1. The van der Waals surface area contributed by atoms with Crippen molar-refractivity contribution in [2.75, 3.05) is 0 Å². The molecule has 2 heterocycles. The van der Waals surface area contributed by atoms with E-state index >= 15 is 0 Å². The van der Waals surface area contributed by atoms with E-state index in [0.29, 0.717) is 0 Å². The minimum absolute atomic E-state index is 0.759. The Morgan fingerprint density at radius 2 is 2.27 bits per heavy atom. The van der Waals surface area contributed by atoms with Crippen molar-refractivity contribution in [3.05, 3.63) is 46.0 Å². The predicted octanol–water partition coefficient (Wildman–Crippen LogP) is 2.50. The first kappa shape index (κ1) is 9.97. The van der Waals surface area contributed by atoms with Crippen LogP contribution in [0.1, 0.15) is 15.3 Å². The highest BCUT2D eigenvalue weighted by atomic mass is 32.1. The summed E-state index contributed by atoms with van der Waals surface area (Å²) < 4.78 is 4.96. The number of nitrogens with zero attached hydrogens (tertiary/aromatic N) is 1. The maximum Gasteiger partial charge on any atom is 0.110 e. The van der Waals surface area contributed by atoms with Gasteiger partial charge < -0.3 is 9.73 Å². The van der Waals surface area contributed by atoms with Crippen LogP contribution < -0.4 is 5.32 Å². The van der Waals surface area contributed by atoms with Gasteiger partial charge in [-0.1, -0.05) is 0 Å². The molecule has 0 atom stereocenters. The summed E-state index contributed by atoms with van der Waals surface area (Å²) in [6.07, 6.45) is 3.39. The quantitative estimate of drug-likeness (QED) is 0.857. The molecule has 4 heteroatoms. The summed E-state index contributed by atoms with van der Waals surface area (Å²) >= 11 is 1.52. The second kappa shape index (κ2) is 4.78. The van der Waals surface area contributed by atoms with Crippen molar-refractivity contribution in [1.82, 2.24) is 5.32 Å². The van der Waals surface area contributed by atoms with E-state index in [1.807, 2.05) is 18.2 Å². The molecule has 0 radical (unpaired) electrons. The standard InChI is InChI=1S/C11H10N2OS/c12-5-10-1-2-11(15-10)7-13-6-9-3-4-14-8-9/h1-4,8,13H,6-7H2. The molecule has 0 aliphatic carbocycles. The zero-order valence-corrected chi connectivity index (χ0v) is 8.88. The number of rotatable bonds is 4. The van der Waals surface area contributed by atoms with Crippen LogP contribution in [0.4, 0.5) is 0 Å². The van der Waals surface area contributed by atoms with Crippen LogP contribution in [-0.4, -0.2) is 0 Å². The van der Waals surface area contributed by atoms with Crippen molar-refractivity contribution in [3.8, 4) is 6.07 Å². The fourth-order valence-corrected chi connectivity index (χ4v) is 2.03. The summed E-state index contributed by atoms with van der Waals surface area (Å²) in [4.78, 5) is 1.94. The Morgan fingerprint density at radius 3 is 2.93 bits per heavy atom.